The number of halogens is 1. The highest BCUT2D eigenvalue weighted by Crippen LogP contribution is 2.24. The van der Waals surface area contributed by atoms with Gasteiger partial charge in [-0.2, -0.15) is 0 Å². The first-order valence-electron chi connectivity index (χ1n) is 6.49. The SMILES string of the molecule is Cc1cnc2c(c1)nc(C(C)Cl)n2N1CCOCC1. The average Bonchev–Trinajstić information content (AvgIpc) is 2.78. The molecule has 0 aliphatic carbocycles. The second-order valence-corrected chi connectivity index (χ2v) is 5.47. The molecule has 5 nitrogen and oxygen atoms in total. The van der Waals surface area contributed by atoms with Crippen LogP contribution in [-0.2, 0) is 4.74 Å². The molecule has 0 bridgehead atoms. The van der Waals surface area contributed by atoms with E-state index in [1.54, 1.807) is 0 Å². The number of fused-ring (bicyclic) bond motifs is 1. The van der Waals surface area contributed by atoms with Crippen molar-refractivity contribution in [3.63, 3.8) is 0 Å². The molecule has 2 aromatic heterocycles. The topological polar surface area (TPSA) is 43.2 Å². The van der Waals surface area contributed by atoms with Gasteiger partial charge in [0, 0.05) is 6.20 Å². The van der Waals surface area contributed by atoms with Crippen LogP contribution >= 0.6 is 11.6 Å². The first-order chi connectivity index (χ1) is 9.16. The van der Waals surface area contributed by atoms with Crippen LogP contribution in [0.25, 0.3) is 11.2 Å². The Labute approximate surface area is 117 Å². The van der Waals surface area contributed by atoms with Gasteiger partial charge < -0.3 is 9.75 Å². The Morgan fingerprint density at radius 1 is 1.37 bits per heavy atom. The fourth-order valence-electron chi connectivity index (χ4n) is 2.36. The number of ether oxygens (including phenoxy) is 1. The summed E-state index contributed by atoms with van der Waals surface area (Å²) in [6, 6.07) is 2.04. The molecule has 3 rings (SSSR count). The summed E-state index contributed by atoms with van der Waals surface area (Å²) in [4.78, 5) is 9.15. The van der Waals surface area contributed by atoms with E-state index in [2.05, 4.69) is 19.7 Å². The second kappa shape index (κ2) is 4.98. The summed E-state index contributed by atoms with van der Waals surface area (Å²) in [6.45, 7) is 7.06. The van der Waals surface area contributed by atoms with Crippen LogP contribution in [0.5, 0.6) is 0 Å². The molecule has 6 heteroatoms. The number of imidazole rings is 1. The van der Waals surface area contributed by atoms with Gasteiger partial charge in [-0.05, 0) is 25.5 Å². The minimum Gasteiger partial charge on any atom is -0.378 e. The van der Waals surface area contributed by atoms with E-state index in [0.717, 1.165) is 48.9 Å². The summed E-state index contributed by atoms with van der Waals surface area (Å²) in [5, 5.41) is 2.05. The number of alkyl halides is 1. The molecule has 102 valence electrons. The Morgan fingerprint density at radius 2 is 2.11 bits per heavy atom. The number of pyridine rings is 1. The van der Waals surface area contributed by atoms with Crippen molar-refractivity contribution >= 4 is 22.8 Å². The minimum atomic E-state index is -0.155. The van der Waals surface area contributed by atoms with Gasteiger partial charge in [-0.15, -0.1) is 11.6 Å². The normalized spacial score (nSPS) is 17.9. The lowest BCUT2D eigenvalue weighted by molar-refractivity contribution is 0.111. The third kappa shape index (κ3) is 2.28. The van der Waals surface area contributed by atoms with Gasteiger partial charge in [0.1, 0.15) is 11.3 Å². The molecule has 1 saturated heterocycles. The first kappa shape index (κ1) is 12.7. The van der Waals surface area contributed by atoms with Crippen molar-refractivity contribution in [3.05, 3.63) is 23.7 Å². The minimum absolute atomic E-state index is 0.155. The molecule has 1 aliphatic rings. The van der Waals surface area contributed by atoms with Crippen molar-refractivity contribution in [2.24, 2.45) is 0 Å². The van der Waals surface area contributed by atoms with Gasteiger partial charge in [0.2, 0.25) is 0 Å². The maximum absolute atomic E-state index is 6.27. The molecule has 19 heavy (non-hydrogen) atoms. The van der Waals surface area contributed by atoms with Gasteiger partial charge in [0.25, 0.3) is 0 Å². The van der Waals surface area contributed by atoms with Crippen LogP contribution in [0.3, 0.4) is 0 Å². The Morgan fingerprint density at radius 3 is 2.79 bits per heavy atom. The standard InChI is InChI=1S/C13H17ClN4O/c1-9-7-11-13(15-8-9)18(12(16-11)10(2)14)17-3-5-19-6-4-17/h7-8,10H,3-6H2,1-2H3. The van der Waals surface area contributed by atoms with E-state index in [1.165, 1.54) is 0 Å². The zero-order valence-electron chi connectivity index (χ0n) is 11.1. The predicted molar refractivity (Wildman–Crippen MR) is 75.3 cm³/mol. The number of aryl methyl sites for hydroxylation is 1. The third-order valence-corrected chi connectivity index (χ3v) is 3.46. The highest BCUT2D eigenvalue weighted by Gasteiger charge is 2.22. The van der Waals surface area contributed by atoms with Crippen molar-refractivity contribution in [1.82, 2.24) is 14.6 Å². The summed E-state index contributed by atoms with van der Waals surface area (Å²) in [7, 11) is 0. The number of hydrogen-bond acceptors (Lipinski definition) is 4. The van der Waals surface area contributed by atoms with Crippen LogP contribution in [0.15, 0.2) is 12.3 Å². The second-order valence-electron chi connectivity index (χ2n) is 4.82. The number of rotatable bonds is 2. The Balaban J connectivity index is 2.15. The predicted octanol–water partition coefficient (Wildman–Crippen LogP) is 2.01. The number of aromatic nitrogens is 3. The van der Waals surface area contributed by atoms with Crippen LogP contribution in [0.1, 0.15) is 23.7 Å². The van der Waals surface area contributed by atoms with E-state index in [0.29, 0.717) is 0 Å². The van der Waals surface area contributed by atoms with Gasteiger partial charge in [-0.3, -0.25) is 0 Å². The van der Waals surface area contributed by atoms with Crippen molar-refractivity contribution in [2.75, 3.05) is 31.3 Å². The highest BCUT2D eigenvalue weighted by atomic mass is 35.5. The van der Waals surface area contributed by atoms with Crippen LogP contribution in [-0.4, -0.2) is 40.9 Å². The third-order valence-electron chi connectivity index (χ3n) is 3.26. The Hall–Kier alpha value is -1.33. The van der Waals surface area contributed by atoms with Gasteiger partial charge in [0.15, 0.2) is 5.65 Å². The lowest BCUT2D eigenvalue weighted by atomic mass is 10.3. The maximum Gasteiger partial charge on any atom is 0.179 e. The van der Waals surface area contributed by atoms with Gasteiger partial charge in [0.05, 0.1) is 31.7 Å². The van der Waals surface area contributed by atoms with Gasteiger partial charge in [-0.25, -0.2) is 14.6 Å². The summed E-state index contributed by atoms with van der Waals surface area (Å²) < 4.78 is 7.45. The zero-order valence-corrected chi connectivity index (χ0v) is 11.9. The van der Waals surface area contributed by atoms with Crippen LogP contribution in [0, 0.1) is 6.92 Å². The van der Waals surface area contributed by atoms with E-state index in [4.69, 9.17) is 16.3 Å². The van der Waals surface area contributed by atoms with Crippen molar-refractivity contribution in [1.29, 1.82) is 0 Å². The molecule has 2 aromatic rings. The van der Waals surface area contributed by atoms with Crippen molar-refractivity contribution in [3.8, 4) is 0 Å². The van der Waals surface area contributed by atoms with Gasteiger partial charge >= 0.3 is 0 Å². The summed E-state index contributed by atoms with van der Waals surface area (Å²) in [6.07, 6.45) is 1.86. The van der Waals surface area contributed by atoms with E-state index in [9.17, 15) is 0 Å². The fourth-order valence-corrected chi connectivity index (χ4v) is 2.50. The van der Waals surface area contributed by atoms with Crippen molar-refractivity contribution in [2.45, 2.75) is 19.2 Å². The van der Waals surface area contributed by atoms with E-state index in [-0.39, 0.29) is 5.38 Å². The largest absolute Gasteiger partial charge is 0.378 e. The maximum atomic E-state index is 6.27. The molecule has 0 amide bonds. The molecule has 1 fully saturated rings. The number of hydrogen-bond donors (Lipinski definition) is 0. The molecular formula is C13H17ClN4O. The van der Waals surface area contributed by atoms with Gasteiger partial charge in [-0.1, -0.05) is 0 Å². The molecule has 0 saturated carbocycles. The van der Waals surface area contributed by atoms with E-state index in [1.807, 2.05) is 26.1 Å². The quantitative estimate of drug-likeness (QED) is 0.790. The Bertz CT molecular complexity index is 590. The van der Waals surface area contributed by atoms with Crippen LogP contribution in [0.2, 0.25) is 0 Å². The van der Waals surface area contributed by atoms with Crippen LogP contribution in [0.4, 0.5) is 0 Å². The molecular weight excluding hydrogens is 264 g/mol. The Kier molecular flexibility index (Phi) is 3.33. The summed E-state index contributed by atoms with van der Waals surface area (Å²) in [5.74, 6) is 0.844. The average molecular weight is 281 g/mol. The van der Waals surface area contributed by atoms with E-state index < -0.39 is 0 Å². The summed E-state index contributed by atoms with van der Waals surface area (Å²) >= 11 is 6.27. The first-order valence-corrected chi connectivity index (χ1v) is 6.92. The molecule has 0 aromatic carbocycles. The zero-order chi connectivity index (χ0) is 13.4. The number of morpholine rings is 1. The molecule has 3 heterocycles. The lowest BCUT2D eigenvalue weighted by Gasteiger charge is -2.31. The smallest absolute Gasteiger partial charge is 0.179 e. The highest BCUT2D eigenvalue weighted by molar-refractivity contribution is 6.20. The van der Waals surface area contributed by atoms with Crippen LogP contribution < -0.4 is 5.01 Å². The lowest BCUT2D eigenvalue weighted by Crippen LogP contribution is -2.44. The molecule has 1 aliphatic heterocycles. The molecule has 0 N–H and O–H groups in total. The fraction of sp³-hybridized carbons (Fsp3) is 0.538. The summed E-state index contributed by atoms with van der Waals surface area (Å²) in [5.41, 5.74) is 2.87. The molecule has 1 atom stereocenters. The number of nitrogens with zero attached hydrogens (tertiary/aromatic N) is 4. The molecule has 1 unspecified atom stereocenters. The molecule has 0 radical (unpaired) electrons. The van der Waals surface area contributed by atoms with E-state index >= 15 is 0 Å². The molecule has 0 spiro atoms. The van der Waals surface area contributed by atoms with Crippen molar-refractivity contribution < 1.29 is 4.74 Å². The monoisotopic (exact) mass is 280 g/mol.